The number of unbranched alkanes of at least 4 members (excludes halogenated alkanes) is 6. The number of aliphatic carboxylic acids is 2. The quantitative estimate of drug-likeness (QED) is 0.0496. The molecule has 2 fully saturated rings. The van der Waals surface area contributed by atoms with Gasteiger partial charge in [-0.1, -0.05) is 125 Å². The number of benzene rings is 2. The third-order valence-electron chi connectivity index (χ3n) is 11.9. The average Bonchev–Trinajstić information content (AvgIpc) is 4.06. The van der Waals surface area contributed by atoms with Crippen LogP contribution in [0.4, 0.5) is 11.4 Å². The van der Waals surface area contributed by atoms with Gasteiger partial charge in [-0.15, -0.1) is 34.4 Å². The number of carboxylic acid groups (broad SMARTS) is 2. The number of carboxylic acids is 2. The molecule has 68 heavy (non-hydrogen) atoms. The highest BCUT2D eigenvalue weighted by molar-refractivity contribution is 8.27. The zero-order valence-corrected chi connectivity index (χ0v) is 43.6. The van der Waals surface area contributed by atoms with Crippen LogP contribution in [0.15, 0.2) is 87.5 Å². The van der Waals surface area contributed by atoms with E-state index in [1.807, 2.05) is 36.0 Å². The maximum Gasteiger partial charge on any atom is 0.323 e. The first-order chi connectivity index (χ1) is 32.8. The Morgan fingerprint density at radius 1 is 0.735 bits per heavy atom. The number of rotatable bonds is 20. The van der Waals surface area contributed by atoms with E-state index in [0.29, 0.717) is 9.81 Å². The standard InChI is InChI=1S/C51H51N3O7S7/c1-4-6-8-10-12-30-22-36(26-42-48(59)52(28-44(55)56)50(62)67-42)64-46(30)32-14-20-38-40(24-32)66-41-25-33(15-21-39(41)54(38)34-16-18-35(61-3)19-17-34)47-31(13-11-9-7-5-2)23-37(65-47)27-43-49(60)53(29-45(57)58)51(63)68-43/h14-27,38,40H,4-13,28-29H2,1-3H3,(H,55,56)(H,57,58)/b42-26+,43-27+. The summed E-state index contributed by atoms with van der Waals surface area (Å²) in [5, 5.41) is 18.8. The Labute approximate surface area is 428 Å². The van der Waals surface area contributed by atoms with Gasteiger partial charge in [-0.2, -0.15) is 0 Å². The number of carbonyl (C=O) groups excluding carboxylic acids is 2. The zero-order chi connectivity index (χ0) is 48.1. The molecule has 0 spiro atoms. The molecule has 3 aliphatic heterocycles. The van der Waals surface area contributed by atoms with E-state index < -0.39 is 25.0 Å². The molecular formula is C51H51N3O7S7. The number of hydrogen-bond acceptors (Lipinski definition) is 13. The van der Waals surface area contributed by atoms with Crippen molar-refractivity contribution in [3.63, 3.8) is 0 Å². The fourth-order valence-corrected chi connectivity index (χ4v) is 14.9. The summed E-state index contributed by atoms with van der Waals surface area (Å²) in [6.45, 7) is 3.49. The molecule has 4 aliphatic rings. The number of fused-ring (bicyclic) bond motifs is 2. The van der Waals surface area contributed by atoms with E-state index in [1.54, 1.807) is 29.8 Å². The average molecular weight is 1040 g/mol. The van der Waals surface area contributed by atoms with Gasteiger partial charge in [0.25, 0.3) is 11.8 Å². The molecule has 8 rings (SSSR count). The van der Waals surface area contributed by atoms with Crippen LogP contribution in [0.5, 0.6) is 5.75 Å². The van der Waals surface area contributed by atoms with Crippen molar-refractivity contribution < 1.29 is 34.1 Å². The number of aryl methyl sites for hydroxylation is 2. The Balaban J connectivity index is 1.16. The number of thioether (sulfide) groups is 3. The summed E-state index contributed by atoms with van der Waals surface area (Å²) < 4.78 is 6.06. The second kappa shape index (κ2) is 22.5. The number of anilines is 2. The van der Waals surface area contributed by atoms with Crippen LogP contribution in [0.1, 0.15) is 91.0 Å². The van der Waals surface area contributed by atoms with Gasteiger partial charge in [-0.3, -0.25) is 29.0 Å². The van der Waals surface area contributed by atoms with Crippen molar-refractivity contribution in [2.75, 3.05) is 25.1 Å². The van der Waals surface area contributed by atoms with E-state index in [0.717, 1.165) is 145 Å². The highest BCUT2D eigenvalue weighted by atomic mass is 32.2. The van der Waals surface area contributed by atoms with Crippen molar-refractivity contribution in [3.05, 3.63) is 108 Å². The molecule has 2 aromatic carbocycles. The summed E-state index contributed by atoms with van der Waals surface area (Å²) in [6.07, 6.45) is 21.4. The van der Waals surface area contributed by atoms with E-state index in [1.165, 1.54) is 16.0 Å². The van der Waals surface area contributed by atoms with Gasteiger partial charge in [0.1, 0.15) is 27.5 Å². The summed E-state index contributed by atoms with van der Waals surface area (Å²) in [7, 11) is 1.67. The lowest BCUT2D eigenvalue weighted by Crippen LogP contribution is -2.41. The van der Waals surface area contributed by atoms with Gasteiger partial charge >= 0.3 is 11.9 Å². The molecule has 4 aromatic rings. The summed E-state index contributed by atoms with van der Waals surface area (Å²) in [5.74, 6) is -2.20. The first-order valence-corrected chi connectivity index (χ1v) is 27.7. The van der Waals surface area contributed by atoms with Gasteiger partial charge in [0.15, 0.2) is 0 Å². The molecule has 2 N–H and O–H groups in total. The molecule has 5 heterocycles. The highest BCUT2D eigenvalue weighted by Gasteiger charge is 2.38. The van der Waals surface area contributed by atoms with Crippen molar-refractivity contribution in [2.45, 2.75) is 94.2 Å². The molecule has 0 saturated carbocycles. The molecule has 354 valence electrons. The first kappa shape index (κ1) is 49.9. The number of thiophene rings is 2. The van der Waals surface area contributed by atoms with Crippen LogP contribution >= 0.6 is 82.4 Å². The highest BCUT2D eigenvalue weighted by Crippen LogP contribution is 2.51. The lowest BCUT2D eigenvalue weighted by atomic mass is 9.95. The maximum absolute atomic E-state index is 13.3. The number of nitrogens with zero attached hydrogens (tertiary/aromatic N) is 3. The predicted molar refractivity (Wildman–Crippen MR) is 290 cm³/mol. The Kier molecular flexibility index (Phi) is 16.5. The van der Waals surface area contributed by atoms with Crippen molar-refractivity contribution >= 4 is 144 Å². The minimum atomic E-state index is -1.11. The monoisotopic (exact) mass is 1040 g/mol. The largest absolute Gasteiger partial charge is 0.497 e. The van der Waals surface area contributed by atoms with E-state index in [4.69, 9.17) is 29.2 Å². The number of thiocarbonyl (C=S) groups is 2. The Bertz CT molecular complexity index is 2770. The third-order valence-corrected chi connectivity index (χ3v) is 18.3. The van der Waals surface area contributed by atoms with Gasteiger partial charge in [0.05, 0.1) is 33.9 Å². The Hall–Kier alpha value is -4.49. The van der Waals surface area contributed by atoms with Crippen LogP contribution in [0.3, 0.4) is 0 Å². The maximum atomic E-state index is 13.3. The Morgan fingerprint density at radius 3 is 1.84 bits per heavy atom. The van der Waals surface area contributed by atoms with Crippen LogP contribution in [0, 0.1) is 0 Å². The molecular weight excluding hydrogens is 991 g/mol. The SMILES string of the molecule is CCCCCCc1cc(/C=C2/SC(=S)N(CC(=O)O)C2=O)sc1C1=CC2Sc3cc(-c4sc(/C=C5/SC(=S)N(CC(=O)O)C5=O)cc4CCCCCC)ccc3N(c3ccc(OC)cc3)C2C=C1. The van der Waals surface area contributed by atoms with Crippen LogP contribution in [-0.4, -0.2) is 83.9 Å². The van der Waals surface area contributed by atoms with Gasteiger partial charge in [0.2, 0.25) is 0 Å². The number of amides is 2. The van der Waals surface area contributed by atoms with Crippen LogP contribution in [-0.2, 0) is 32.0 Å². The predicted octanol–water partition coefficient (Wildman–Crippen LogP) is 12.9. The molecule has 2 saturated heterocycles. The fourth-order valence-electron chi connectivity index (χ4n) is 8.63. The smallest absolute Gasteiger partial charge is 0.323 e. The van der Waals surface area contributed by atoms with E-state index in [9.17, 15) is 29.4 Å². The normalized spacial score (nSPS) is 19.1. The van der Waals surface area contributed by atoms with Gasteiger partial charge < -0.3 is 19.8 Å². The van der Waals surface area contributed by atoms with Gasteiger partial charge in [-0.05, 0) is 109 Å². The molecule has 2 atom stereocenters. The molecule has 2 aromatic heterocycles. The van der Waals surface area contributed by atoms with Crippen molar-refractivity contribution in [1.29, 1.82) is 0 Å². The number of hydrogen-bond donors (Lipinski definition) is 2. The van der Waals surface area contributed by atoms with Crippen LogP contribution in [0.2, 0.25) is 0 Å². The minimum Gasteiger partial charge on any atom is -0.497 e. The first-order valence-electron chi connectivity index (χ1n) is 22.7. The molecule has 0 radical (unpaired) electrons. The molecule has 1 aliphatic carbocycles. The van der Waals surface area contributed by atoms with Gasteiger partial charge in [-0.25, -0.2) is 0 Å². The second-order valence-corrected chi connectivity index (χ2v) is 23.5. The molecule has 10 nitrogen and oxygen atoms in total. The summed E-state index contributed by atoms with van der Waals surface area (Å²) in [4.78, 5) is 60.4. The van der Waals surface area contributed by atoms with Crippen LogP contribution < -0.4 is 9.64 Å². The van der Waals surface area contributed by atoms with Gasteiger partial charge in [0, 0.05) is 30.1 Å². The number of methoxy groups -OCH3 is 1. The Morgan fingerprint density at radius 2 is 1.29 bits per heavy atom. The van der Waals surface area contributed by atoms with E-state index in [-0.39, 0.29) is 31.7 Å². The third kappa shape index (κ3) is 11.2. The van der Waals surface area contributed by atoms with Crippen molar-refractivity contribution in [2.24, 2.45) is 0 Å². The molecule has 2 unspecified atom stereocenters. The van der Waals surface area contributed by atoms with Crippen LogP contribution in [0.25, 0.3) is 28.2 Å². The molecule has 0 bridgehead atoms. The summed E-state index contributed by atoms with van der Waals surface area (Å²) in [6, 6.07) is 19.3. The number of ether oxygens (including phenoxy) is 1. The number of carbonyl (C=O) groups is 4. The fraction of sp³-hybridized carbons (Fsp3) is 0.333. The van der Waals surface area contributed by atoms with E-state index in [2.05, 4.69) is 79.4 Å². The topological polar surface area (TPSA) is 128 Å². The lowest BCUT2D eigenvalue weighted by Gasteiger charge is -2.42. The zero-order valence-electron chi connectivity index (χ0n) is 37.9. The second-order valence-electron chi connectivity index (χ2n) is 16.8. The van der Waals surface area contributed by atoms with Crippen molar-refractivity contribution in [3.8, 4) is 16.2 Å². The molecule has 17 heteroatoms. The summed E-state index contributed by atoms with van der Waals surface area (Å²) in [5.41, 5.74) is 6.82. The molecule has 2 amide bonds. The summed E-state index contributed by atoms with van der Waals surface area (Å²) >= 11 is 18.2. The number of allylic oxidation sites excluding steroid dienone is 2. The lowest BCUT2D eigenvalue weighted by molar-refractivity contribution is -0.140. The minimum absolute atomic E-state index is 0.00102. The van der Waals surface area contributed by atoms with Crippen molar-refractivity contribution in [1.82, 2.24) is 9.80 Å². The van der Waals surface area contributed by atoms with E-state index >= 15 is 0 Å².